The second kappa shape index (κ2) is 6.95. The lowest BCUT2D eigenvalue weighted by Crippen LogP contribution is -2.52. The van der Waals surface area contributed by atoms with Crippen LogP contribution in [0.2, 0.25) is 0 Å². The third-order valence-electron chi connectivity index (χ3n) is 5.73. The van der Waals surface area contributed by atoms with E-state index in [1.165, 1.54) is 0 Å². The summed E-state index contributed by atoms with van der Waals surface area (Å²) in [6, 6.07) is 15.0. The van der Waals surface area contributed by atoms with Gasteiger partial charge in [0.05, 0.1) is 5.69 Å². The van der Waals surface area contributed by atoms with Crippen molar-refractivity contribution in [3.8, 4) is 22.6 Å². The number of rotatable bonds is 3. The van der Waals surface area contributed by atoms with Crippen molar-refractivity contribution in [1.82, 2.24) is 19.8 Å². The fourth-order valence-corrected chi connectivity index (χ4v) is 4.19. The van der Waals surface area contributed by atoms with Gasteiger partial charge in [-0.1, -0.05) is 36.4 Å². The molecule has 0 spiro atoms. The standard InChI is InChI=1S/C23H20N4O3/c1-26-13-18(24-21(26)14-5-3-2-4-6-14)15-7-8-17-16(11-15)12-27(23(17)30)19-9-10-20(28)25-22(19)29/h2-8,11,13,19H,9-10,12H2,1H3,(H,25,28,29). The third-order valence-corrected chi connectivity index (χ3v) is 5.73. The molecule has 0 saturated carbocycles. The minimum Gasteiger partial charge on any atom is -0.333 e. The van der Waals surface area contributed by atoms with E-state index in [-0.39, 0.29) is 18.2 Å². The van der Waals surface area contributed by atoms with Crippen molar-refractivity contribution in [2.75, 3.05) is 0 Å². The van der Waals surface area contributed by atoms with Crippen LogP contribution in [0.3, 0.4) is 0 Å². The van der Waals surface area contributed by atoms with Gasteiger partial charge in [0, 0.05) is 42.9 Å². The number of piperidine rings is 1. The van der Waals surface area contributed by atoms with E-state index in [9.17, 15) is 14.4 Å². The normalized spacial score (nSPS) is 18.5. The van der Waals surface area contributed by atoms with E-state index in [2.05, 4.69) is 5.32 Å². The Balaban J connectivity index is 1.44. The maximum absolute atomic E-state index is 12.9. The SMILES string of the molecule is Cn1cc(-c2ccc3c(c2)CN(C2CCC(=O)NC2=O)C3=O)nc1-c1ccccc1. The molecule has 3 aromatic rings. The van der Waals surface area contributed by atoms with Gasteiger partial charge < -0.3 is 9.47 Å². The molecule has 150 valence electrons. The van der Waals surface area contributed by atoms with E-state index in [4.69, 9.17) is 4.98 Å². The van der Waals surface area contributed by atoms with Gasteiger partial charge in [-0.15, -0.1) is 0 Å². The van der Waals surface area contributed by atoms with Crippen molar-refractivity contribution in [2.45, 2.75) is 25.4 Å². The number of nitrogens with one attached hydrogen (secondary N) is 1. The molecule has 0 aliphatic carbocycles. The van der Waals surface area contributed by atoms with Gasteiger partial charge in [-0.3, -0.25) is 19.7 Å². The molecule has 1 atom stereocenters. The second-order valence-corrected chi connectivity index (χ2v) is 7.70. The number of hydrogen-bond acceptors (Lipinski definition) is 4. The molecule has 7 heteroatoms. The molecule has 1 fully saturated rings. The fraction of sp³-hybridized carbons (Fsp3) is 0.217. The van der Waals surface area contributed by atoms with Gasteiger partial charge in [0.15, 0.2) is 0 Å². The number of aryl methyl sites for hydroxylation is 1. The maximum Gasteiger partial charge on any atom is 0.255 e. The van der Waals surface area contributed by atoms with Crippen LogP contribution < -0.4 is 5.32 Å². The average Bonchev–Trinajstić information content (AvgIpc) is 3.29. The Hall–Kier alpha value is -3.74. The van der Waals surface area contributed by atoms with Crippen molar-refractivity contribution >= 4 is 17.7 Å². The summed E-state index contributed by atoms with van der Waals surface area (Å²) in [6.07, 6.45) is 2.58. The molecule has 1 N–H and O–H groups in total. The summed E-state index contributed by atoms with van der Waals surface area (Å²) >= 11 is 0. The lowest BCUT2D eigenvalue weighted by Gasteiger charge is -2.29. The van der Waals surface area contributed by atoms with Crippen molar-refractivity contribution in [3.63, 3.8) is 0 Å². The Labute approximate surface area is 173 Å². The first-order valence-electron chi connectivity index (χ1n) is 9.88. The molecular weight excluding hydrogens is 380 g/mol. The van der Waals surface area contributed by atoms with Crippen LogP contribution in [-0.4, -0.2) is 38.2 Å². The topological polar surface area (TPSA) is 84.3 Å². The number of benzene rings is 2. The molecule has 0 bridgehead atoms. The van der Waals surface area contributed by atoms with E-state index in [0.29, 0.717) is 18.5 Å². The fourth-order valence-electron chi connectivity index (χ4n) is 4.19. The number of fused-ring (bicyclic) bond motifs is 1. The average molecular weight is 400 g/mol. The highest BCUT2D eigenvalue weighted by Gasteiger charge is 2.39. The van der Waals surface area contributed by atoms with Gasteiger partial charge in [0.2, 0.25) is 11.8 Å². The number of imidazole rings is 1. The Bertz CT molecular complexity index is 1180. The predicted octanol–water partition coefficient (Wildman–Crippen LogP) is 2.52. The lowest BCUT2D eigenvalue weighted by atomic mass is 10.0. The highest BCUT2D eigenvalue weighted by Crippen LogP contribution is 2.31. The van der Waals surface area contributed by atoms with Gasteiger partial charge >= 0.3 is 0 Å². The molecule has 30 heavy (non-hydrogen) atoms. The molecule has 2 aliphatic rings. The van der Waals surface area contributed by atoms with Crippen LogP contribution in [0.5, 0.6) is 0 Å². The molecule has 1 unspecified atom stereocenters. The Kier molecular flexibility index (Phi) is 4.24. The van der Waals surface area contributed by atoms with E-state index in [1.807, 2.05) is 60.3 Å². The number of carbonyl (C=O) groups is 3. The number of carbonyl (C=O) groups excluding carboxylic acids is 3. The zero-order chi connectivity index (χ0) is 20.8. The summed E-state index contributed by atoms with van der Waals surface area (Å²) in [5.41, 5.74) is 4.25. The molecule has 1 aromatic heterocycles. The summed E-state index contributed by atoms with van der Waals surface area (Å²) < 4.78 is 1.98. The Morgan fingerprint density at radius 3 is 2.60 bits per heavy atom. The third kappa shape index (κ3) is 2.99. The van der Waals surface area contributed by atoms with Gasteiger partial charge in [0.25, 0.3) is 5.91 Å². The largest absolute Gasteiger partial charge is 0.333 e. The van der Waals surface area contributed by atoms with E-state index >= 15 is 0 Å². The van der Waals surface area contributed by atoms with E-state index in [0.717, 1.165) is 28.2 Å². The van der Waals surface area contributed by atoms with Gasteiger partial charge in [-0.25, -0.2) is 4.98 Å². The Morgan fingerprint density at radius 2 is 1.83 bits per heavy atom. The molecule has 3 amide bonds. The second-order valence-electron chi connectivity index (χ2n) is 7.70. The van der Waals surface area contributed by atoms with Crippen LogP contribution in [0.1, 0.15) is 28.8 Å². The summed E-state index contributed by atoms with van der Waals surface area (Å²) in [5, 5.41) is 2.33. The zero-order valence-electron chi connectivity index (χ0n) is 16.5. The van der Waals surface area contributed by atoms with Crippen molar-refractivity contribution < 1.29 is 14.4 Å². The van der Waals surface area contributed by atoms with Crippen molar-refractivity contribution in [2.24, 2.45) is 7.05 Å². The lowest BCUT2D eigenvalue weighted by molar-refractivity contribution is -0.136. The quantitative estimate of drug-likeness (QED) is 0.685. The highest BCUT2D eigenvalue weighted by atomic mass is 16.2. The zero-order valence-corrected chi connectivity index (χ0v) is 16.5. The number of aromatic nitrogens is 2. The summed E-state index contributed by atoms with van der Waals surface area (Å²) in [5.74, 6) is 0.0151. The maximum atomic E-state index is 12.9. The van der Waals surface area contributed by atoms with Crippen LogP contribution >= 0.6 is 0 Å². The first kappa shape index (κ1) is 18.3. The minimum absolute atomic E-state index is 0.169. The number of nitrogens with zero attached hydrogens (tertiary/aromatic N) is 3. The first-order valence-corrected chi connectivity index (χ1v) is 9.88. The van der Waals surface area contributed by atoms with Crippen molar-refractivity contribution in [3.05, 3.63) is 65.9 Å². The van der Waals surface area contributed by atoms with Gasteiger partial charge in [-0.2, -0.15) is 0 Å². The predicted molar refractivity (Wildman–Crippen MR) is 110 cm³/mol. The molecule has 0 radical (unpaired) electrons. The molecular formula is C23H20N4O3. The van der Waals surface area contributed by atoms with Gasteiger partial charge in [-0.05, 0) is 24.1 Å². The number of amides is 3. The number of imide groups is 1. The number of hydrogen-bond donors (Lipinski definition) is 1. The summed E-state index contributed by atoms with van der Waals surface area (Å²) in [4.78, 5) is 42.8. The Morgan fingerprint density at radius 1 is 1.03 bits per heavy atom. The van der Waals surface area contributed by atoms with Crippen molar-refractivity contribution in [1.29, 1.82) is 0 Å². The summed E-state index contributed by atoms with van der Waals surface area (Å²) in [6.45, 7) is 0.354. The van der Waals surface area contributed by atoms with Gasteiger partial charge in [0.1, 0.15) is 11.9 Å². The molecule has 3 heterocycles. The molecule has 7 nitrogen and oxygen atoms in total. The highest BCUT2D eigenvalue weighted by molar-refractivity contribution is 6.05. The van der Waals surface area contributed by atoms with E-state index in [1.54, 1.807) is 11.0 Å². The van der Waals surface area contributed by atoms with Crippen LogP contribution in [0.15, 0.2) is 54.7 Å². The minimum atomic E-state index is -0.606. The van der Waals surface area contributed by atoms with Crippen LogP contribution in [0, 0.1) is 0 Å². The smallest absolute Gasteiger partial charge is 0.255 e. The molecule has 2 aliphatic heterocycles. The molecule has 5 rings (SSSR count). The molecule has 1 saturated heterocycles. The molecule has 2 aromatic carbocycles. The van der Waals surface area contributed by atoms with Crippen LogP contribution in [0.25, 0.3) is 22.6 Å². The monoisotopic (exact) mass is 400 g/mol. The van der Waals surface area contributed by atoms with Crippen LogP contribution in [0.4, 0.5) is 0 Å². The summed E-state index contributed by atoms with van der Waals surface area (Å²) in [7, 11) is 1.96. The van der Waals surface area contributed by atoms with E-state index < -0.39 is 11.9 Å². The van der Waals surface area contributed by atoms with Crippen LogP contribution in [-0.2, 0) is 23.2 Å². The first-order chi connectivity index (χ1) is 14.5.